The van der Waals surface area contributed by atoms with E-state index in [0.29, 0.717) is 30.3 Å². The standard InChI is InChI=1S/C28H38O4/c1-4-30-26(29)16-19-8-11-25-24-15-18(2)23-17-20(32-27-7-5-6-14-31-27)9-10-21(23)22(24)12-13-28(19,25)3/h9-10,16-18,22,24-25,27H,4-8,11-15H2,1-3H3/b19-16-/t18-,22+,24+,25-,27?,28+/m0/s1. The van der Waals surface area contributed by atoms with Gasteiger partial charge in [0.1, 0.15) is 5.75 Å². The van der Waals surface area contributed by atoms with Crippen molar-refractivity contribution in [3.05, 3.63) is 41.0 Å². The molecule has 3 aliphatic carbocycles. The first-order valence-electron chi connectivity index (χ1n) is 12.8. The topological polar surface area (TPSA) is 44.8 Å². The highest BCUT2D eigenvalue weighted by molar-refractivity contribution is 5.83. The molecule has 5 rings (SSSR count). The lowest BCUT2D eigenvalue weighted by molar-refractivity contribution is -0.137. The fraction of sp³-hybridized carbons (Fsp3) is 0.679. The summed E-state index contributed by atoms with van der Waals surface area (Å²) in [6.45, 7) is 7.92. The molecule has 32 heavy (non-hydrogen) atoms. The van der Waals surface area contributed by atoms with E-state index in [4.69, 9.17) is 14.2 Å². The van der Waals surface area contributed by atoms with Crippen molar-refractivity contribution in [3.63, 3.8) is 0 Å². The summed E-state index contributed by atoms with van der Waals surface area (Å²) in [7, 11) is 0. The van der Waals surface area contributed by atoms with Crippen LogP contribution in [0, 0.1) is 17.3 Å². The van der Waals surface area contributed by atoms with E-state index in [9.17, 15) is 4.79 Å². The van der Waals surface area contributed by atoms with E-state index >= 15 is 0 Å². The molecule has 0 spiro atoms. The van der Waals surface area contributed by atoms with Gasteiger partial charge in [-0.1, -0.05) is 25.5 Å². The monoisotopic (exact) mass is 438 g/mol. The Hall–Kier alpha value is -1.81. The van der Waals surface area contributed by atoms with Crippen LogP contribution in [0.4, 0.5) is 0 Å². The summed E-state index contributed by atoms with van der Waals surface area (Å²) >= 11 is 0. The van der Waals surface area contributed by atoms with Crippen LogP contribution in [0.1, 0.15) is 95.1 Å². The summed E-state index contributed by atoms with van der Waals surface area (Å²) < 4.78 is 17.2. The van der Waals surface area contributed by atoms with Crippen LogP contribution in [0.2, 0.25) is 0 Å². The number of rotatable bonds is 4. The summed E-state index contributed by atoms with van der Waals surface area (Å²) in [5, 5.41) is 0. The van der Waals surface area contributed by atoms with Crippen molar-refractivity contribution in [2.75, 3.05) is 13.2 Å². The molecular formula is C28H38O4. The highest BCUT2D eigenvalue weighted by Gasteiger charge is 2.53. The molecule has 3 fully saturated rings. The summed E-state index contributed by atoms with van der Waals surface area (Å²) in [4.78, 5) is 12.2. The molecule has 0 radical (unpaired) electrons. The summed E-state index contributed by atoms with van der Waals surface area (Å²) in [6.07, 6.45) is 10.9. The van der Waals surface area contributed by atoms with Crippen molar-refractivity contribution < 1.29 is 19.0 Å². The first-order valence-corrected chi connectivity index (χ1v) is 12.8. The lowest BCUT2D eigenvalue weighted by Gasteiger charge is -2.51. The quantitative estimate of drug-likeness (QED) is 0.398. The average Bonchev–Trinajstić information content (AvgIpc) is 3.11. The van der Waals surface area contributed by atoms with Crippen LogP contribution in [-0.4, -0.2) is 25.5 Å². The second-order valence-corrected chi connectivity index (χ2v) is 10.6. The maximum Gasteiger partial charge on any atom is 0.330 e. The van der Waals surface area contributed by atoms with Gasteiger partial charge in [0.2, 0.25) is 0 Å². The fourth-order valence-electron chi connectivity index (χ4n) is 7.30. The van der Waals surface area contributed by atoms with E-state index in [1.807, 2.05) is 13.0 Å². The smallest absolute Gasteiger partial charge is 0.330 e. The first kappa shape index (κ1) is 22.0. The molecule has 1 heterocycles. The Balaban J connectivity index is 1.37. The minimum Gasteiger partial charge on any atom is -0.465 e. The highest BCUT2D eigenvalue weighted by Crippen LogP contribution is 2.64. The predicted octanol–water partition coefficient (Wildman–Crippen LogP) is 6.50. The van der Waals surface area contributed by atoms with Gasteiger partial charge in [0.15, 0.2) is 6.29 Å². The van der Waals surface area contributed by atoms with Gasteiger partial charge in [0.25, 0.3) is 0 Å². The van der Waals surface area contributed by atoms with Gasteiger partial charge in [-0.15, -0.1) is 0 Å². The van der Waals surface area contributed by atoms with E-state index in [1.165, 1.54) is 42.4 Å². The van der Waals surface area contributed by atoms with Crippen LogP contribution in [0.5, 0.6) is 5.75 Å². The Morgan fingerprint density at radius 3 is 2.88 bits per heavy atom. The van der Waals surface area contributed by atoms with E-state index in [0.717, 1.165) is 38.0 Å². The van der Waals surface area contributed by atoms with Gasteiger partial charge in [-0.3, -0.25) is 0 Å². The molecule has 4 nitrogen and oxygen atoms in total. The van der Waals surface area contributed by atoms with Crippen molar-refractivity contribution in [1.29, 1.82) is 0 Å². The largest absolute Gasteiger partial charge is 0.465 e. The molecular weight excluding hydrogens is 400 g/mol. The van der Waals surface area contributed by atoms with Crippen LogP contribution in [0.25, 0.3) is 0 Å². The molecule has 1 aromatic rings. The Labute approximate surface area is 192 Å². The van der Waals surface area contributed by atoms with Gasteiger partial charge in [-0.2, -0.15) is 0 Å². The van der Waals surface area contributed by atoms with E-state index in [-0.39, 0.29) is 17.7 Å². The molecule has 1 saturated heterocycles. The maximum atomic E-state index is 12.2. The number of carbonyl (C=O) groups excluding carboxylic acids is 1. The Morgan fingerprint density at radius 2 is 2.09 bits per heavy atom. The zero-order valence-corrected chi connectivity index (χ0v) is 19.9. The Kier molecular flexibility index (Phi) is 6.09. The lowest BCUT2D eigenvalue weighted by Crippen LogP contribution is -2.41. The van der Waals surface area contributed by atoms with Gasteiger partial charge in [0.05, 0.1) is 13.2 Å². The fourth-order valence-corrected chi connectivity index (χ4v) is 7.30. The SMILES string of the molecule is CCOC(=O)/C=C1/CC[C@H]2[C@@H]3C[C@H](C)c4cc(OC5CCCCO5)ccc4[C@H]3CC[C@]12C. The number of hydrogen-bond acceptors (Lipinski definition) is 4. The lowest BCUT2D eigenvalue weighted by atomic mass is 9.54. The summed E-state index contributed by atoms with van der Waals surface area (Å²) in [6, 6.07) is 6.80. The van der Waals surface area contributed by atoms with Crippen LogP contribution >= 0.6 is 0 Å². The van der Waals surface area contributed by atoms with Crippen LogP contribution in [-0.2, 0) is 14.3 Å². The molecule has 0 amide bonds. The molecule has 4 aliphatic rings. The highest BCUT2D eigenvalue weighted by atomic mass is 16.7. The number of fused-ring (bicyclic) bond motifs is 5. The molecule has 2 saturated carbocycles. The van der Waals surface area contributed by atoms with Crippen LogP contribution in [0.3, 0.4) is 0 Å². The minimum atomic E-state index is -0.164. The van der Waals surface area contributed by atoms with Crippen molar-refractivity contribution in [1.82, 2.24) is 0 Å². The number of esters is 1. The van der Waals surface area contributed by atoms with Crippen molar-refractivity contribution in [3.8, 4) is 5.75 Å². The molecule has 1 aliphatic heterocycles. The van der Waals surface area contributed by atoms with Gasteiger partial charge >= 0.3 is 5.97 Å². The Morgan fingerprint density at radius 1 is 1.22 bits per heavy atom. The number of allylic oxidation sites excluding steroid dienone is 1. The van der Waals surface area contributed by atoms with Crippen molar-refractivity contribution in [2.45, 2.75) is 90.3 Å². The van der Waals surface area contributed by atoms with E-state index in [2.05, 4.69) is 32.0 Å². The molecule has 6 atom stereocenters. The number of hydrogen-bond donors (Lipinski definition) is 0. The number of carbonyl (C=O) groups is 1. The zero-order chi connectivity index (χ0) is 22.3. The third-order valence-corrected chi connectivity index (χ3v) is 8.88. The third-order valence-electron chi connectivity index (χ3n) is 8.88. The predicted molar refractivity (Wildman–Crippen MR) is 125 cm³/mol. The maximum absolute atomic E-state index is 12.2. The van der Waals surface area contributed by atoms with Gasteiger partial charge in [-0.05, 0) is 104 Å². The van der Waals surface area contributed by atoms with Crippen molar-refractivity contribution in [2.24, 2.45) is 17.3 Å². The zero-order valence-electron chi connectivity index (χ0n) is 19.9. The molecule has 0 bridgehead atoms. The molecule has 174 valence electrons. The van der Waals surface area contributed by atoms with Crippen LogP contribution < -0.4 is 4.74 Å². The molecule has 1 unspecified atom stereocenters. The van der Waals surface area contributed by atoms with Crippen molar-refractivity contribution >= 4 is 5.97 Å². The number of benzene rings is 1. The summed E-state index contributed by atoms with van der Waals surface area (Å²) in [5.41, 5.74) is 4.49. The molecule has 4 heteroatoms. The number of ether oxygens (including phenoxy) is 3. The molecule has 1 aromatic carbocycles. The van der Waals surface area contributed by atoms with E-state index < -0.39 is 0 Å². The normalized spacial score (nSPS) is 37.3. The van der Waals surface area contributed by atoms with Gasteiger partial charge in [-0.25, -0.2) is 4.79 Å². The van der Waals surface area contributed by atoms with Gasteiger partial charge in [0, 0.05) is 12.5 Å². The minimum absolute atomic E-state index is 0.0908. The first-order chi connectivity index (χ1) is 15.5. The van der Waals surface area contributed by atoms with Gasteiger partial charge < -0.3 is 14.2 Å². The second kappa shape index (κ2) is 8.85. The molecule has 0 aromatic heterocycles. The van der Waals surface area contributed by atoms with Crippen LogP contribution in [0.15, 0.2) is 29.8 Å². The average molecular weight is 439 g/mol. The van der Waals surface area contributed by atoms with E-state index in [1.54, 1.807) is 0 Å². The third kappa shape index (κ3) is 3.89. The molecule has 0 N–H and O–H groups in total. The summed E-state index contributed by atoms with van der Waals surface area (Å²) in [5.74, 6) is 3.30. The Bertz CT molecular complexity index is 883. The second-order valence-electron chi connectivity index (χ2n) is 10.6.